The number of aliphatic hydroxyl groups excluding tert-OH is 1. The number of rotatable bonds is 42. The van der Waals surface area contributed by atoms with Crippen molar-refractivity contribution < 1.29 is 24.2 Å². The molecule has 2 unspecified atom stereocenters. The molecule has 324 valence electrons. The summed E-state index contributed by atoms with van der Waals surface area (Å²) in [5.41, 5.74) is 0. The van der Waals surface area contributed by atoms with Gasteiger partial charge in [0.15, 0.2) is 0 Å². The lowest BCUT2D eigenvalue weighted by Crippen LogP contribution is -2.29. The van der Waals surface area contributed by atoms with Crippen molar-refractivity contribution in [3.8, 4) is 0 Å². The first-order valence-electron chi connectivity index (χ1n) is 24.1. The zero-order valence-corrected chi connectivity index (χ0v) is 37.6. The van der Waals surface area contributed by atoms with Crippen LogP contribution in [0.25, 0.3) is 0 Å². The van der Waals surface area contributed by atoms with E-state index in [9.17, 15) is 14.7 Å². The van der Waals surface area contributed by atoms with E-state index in [1.807, 2.05) is 13.8 Å². The highest BCUT2D eigenvalue weighted by Crippen LogP contribution is 2.21. The molecular formula is C48H97NO5. The van der Waals surface area contributed by atoms with Crippen LogP contribution < -0.4 is 0 Å². The SMILES string of the molecule is CC.CCCCCCCCC(CCCCCC)COC(=O)CCCCCN(CCO)CCCCCC(=O)OCC(CCCCCC)CCCCCCCC. The smallest absolute Gasteiger partial charge is 0.305 e. The Morgan fingerprint density at radius 1 is 0.426 bits per heavy atom. The van der Waals surface area contributed by atoms with Gasteiger partial charge in [0.2, 0.25) is 0 Å². The topological polar surface area (TPSA) is 76.1 Å². The molecule has 0 saturated carbocycles. The molecule has 0 amide bonds. The van der Waals surface area contributed by atoms with Crippen LogP contribution in [-0.2, 0) is 19.1 Å². The van der Waals surface area contributed by atoms with Crippen molar-refractivity contribution in [3.05, 3.63) is 0 Å². The summed E-state index contributed by atoms with van der Waals surface area (Å²) >= 11 is 0. The van der Waals surface area contributed by atoms with E-state index in [1.54, 1.807) is 0 Å². The van der Waals surface area contributed by atoms with Gasteiger partial charge in [-0.25, -0.2) is 0 Å². The van der Waals surface area contributed by atoms with Gasteiger partial charge in [-0.05, 0) is 76.3 Å². The minimum atomic E-state index is -0.0347. The number of nitrogens with zero attached hydrogens (tertiary/aromatic N) is 1. The third-order valence-corrected chi connectivity index (χ3v) is 11.0. The molecule has 2 atom stereocenters. The molecule has 6 heteroatoms. The second-order valence-corrected chi connectivity index (χ2v) is 16.1. The fourth-order valence-corrected chi connectivity index (χ4v) is 7.37. The van der Waals surface area contributed by atoms with Gasteiger partial charge in [0.05, 0.1) is 19.8 Å². The van der Waals surface area contributed by atoms with Crippen LogP contribution in [0, 0.1) is 11.8 Å². The Balaban J connectivity index is 0. The van der Waals surface area contributed by atoms with E-state index in [1.165, 1.54) is 154 Å². The van der Waals surface area contributed by atoms with Gasteiger partial charge in [-0.3, -0.25) is 9.59 Å². The zero-order valence-electron chi connectivity index (χ0n) is 37.6. The van der Waals surface area contributed by atoms with Gasteiger partial charge in [0.1, 0.15) is 0 Å². The van der Waals surface area contributed by atoms with Crippen LogP contribution in [0.1, 0.15) is 247 Å². The summed E-state index contributed by atoms with van der Waals surface area (Å²) < 4.78 is 11.6. The second kappa shape index (κ2) is 46.2. The molecule has 0 aliphatic heterocycles. The Kier molecular flexibility index (Phi) is 47.1. The lowest BCUT2D eigenvalue weighted by atomic mass is 9.95. The van der Waals surface area contributed by atoms with Gasteiger partial charge in [-0.2, -0.15) is 0 Å². The molecule has 0 fully saturated rings. The molecule has 6 nitrogen and oxygen atoms in total. The largest absolute Gasteiger partial charge is 0.465 e. The van der Waals surface area contributed by atoms with Crippen molar-refractivity contribution in [1.29, 1.82) is 0 Å². The third-order valence-electron chi connectivity index (χ3n) is 11.0. The van der Waals surface area contributed by atoms with E-state index in [0.29, 0.717) is 44.4 Å². The maximum atomic E-state index is 12.5. The van der Waals surface area contributed by atoms with Crippen molar-refractivity contribution in [2.45, 2.75) is 247 Å². The van der Waals surface area contributed by atoms with E-state index >= 15 is 0 Å². The summed E-state index contributed by atoms with van der Waals surface area (Å²) in [4.78, 5) is 27.4. The number of unbranched alkanes of at least 4 members (excludes halogenated alkanes) is 20. The Morgan fingerprint density at radius 3 is 1.06 bits per heavy atom. The van der Waals surface area contributed by atoms with E-state index in [-0.39, 0.29) is 18.5 Å². The Morgan fingerprint density at radius 2 is 0.722 bits per heavy atom. The van der Waals surface area contributed by atoms with Crippen LogP contribution in [0.15, 0.2) is 0 Å². The van der Waals surface area contributed by atoms with E-state index in [2.05, 4.69) is 32.6 Å². The molecule has 0 rings (SSSR count). The highest BCUT2D eigenvalue weighted by atomic mass is 16.5. The second-order valence-electron chi connectivity index (χ2n) is 16.1. The van der Waals surface area contributed by atoms with Gasteiger partial charge in [-0.15, -0.1) is 0 Å². The van der Waals surface area contributed by atoms with Crippen molar-refractivity contribution in [1.82, 2.24) is 4.90 Å². The normalized spacial score (nSPS) is 12.4. The van der Waals surface area contributed by atoms with E-state index in [0.717, 1.165) is 51.6 Å². The molecule has 0 saturated heterocycles. The van der Waals surface area contributed by atoms with Gasteiger partial charge >= 0.3 is 11.9 Å². The summed E-state index contributed by atoms with van der Waals surface area (Å²) in [7, 11) is 0. The van der Waals surface area contributed by atoms with Crippen molar-refractivity contribution in [2.75, 3.05) is 39.5 Å². The molecule has 0 aromatic carbocycles. The van der Waals surface area contributed by atoms with Crippen molar-refractivity contribution in [3.63, 3.8) is 0 Å². The fraction of sp³-hybridized carbons (Fsp3) is 0.958. The average molecular weight is 768 g/mol. The standard InChI is InChI=1S/C46H91NO5.C2H6/c1-5-9-13-17-19-25-33-43(31-23-15-11-7-3)41-51-45(49)35-27-21-29-37-47(39-40-48)38-30-22-28-36-46(50)52-42-44(32-24-16-12-8-4)34-26-20-18-14-10-6-2;1-2/h43-44,48H,5-42H2,1-4H3;1-2H3. The predicted molar refractivity (Wildman–Crippen MR) is 234 cm³/mol. The summed E-state index contributed by atoms with van der Waals surface area (Å²) in [6.45, 7) is 17.0. The molecular weight excluding hydrogens is 671 g/mol. The first-order chi connectivity index (χ1) is 26.5. The first kappa shape index (κ1) is 55.0. The predicted octanol–water partition coefficient (Wildman–Crippen LogP) is 14.2. The average Bonchev–Trinajstić information content (AvgIpc) is 3.18. The van der Waals surface area contributed by atoms with Gasteiger partial charge < -0.3 is 19.5 Å². The molecule has 0 aliphatic carbocycles. The molecule has 0 spiro atoms. The number of esters is 2. The maximum absolute atomic E-state index is 12.5. The van der Waals surface area contributed by atoms with Crippen LogP contribution >= 0.6 is 0 Å². The summed E-state index contributed by atoms with van der Waals surface area (Å²) in [5, 5.41) is 9.60. The van der Waals surface area contributed by atoms with Gasteiger partial charge in [0, 0.05) is 19.4 Å². The maximum Gasteiger partial charge on any atom is 0.305 e. The Labute approximate surface area is 338 Å². The minimum absolute atomic E-state index is 0.0347. The molecule has 1 N–H and O–H groups in total. The van der Waals surface area contributed by atoms with Crippen molar-refractivity contribution >= 4 is 11.9 Å². The lowest BCUT2D eigenvalue weighted by Gasteiger charge is -2.21. The molecule has 0 aliphatic rings. The van der Waals surface area contributed by atoms with Crippen LogP contribution in [-0.4, -0.2) is 61.4 Å². The summed E-state index contributed by atoms with van der Waals surface area (Å²) in [5.74, 6) is 0.962. The first-order valence-corrected chi connectivity index (χ1v) is 24.1. The minimum Gasteiger partial charge on any atom is -0.465 e. The summed E-state index contributed by atoms with van der Waals surface area (Å²) in [6.07, 6.45) is 37.5. The molecule has 54 heavy (non-hydrogen) atoms. The zero-order chi connectivity index (χ0) is 40.2. The lowest BCUT2D eigenvalue weighted by molar-refractivity contribution is -0.146. The highest BCUT2D eigenvalue weighted by Gasteiger charge is 2.14. The number of ether oxygens (including phenoxy) is 2. The fourth-order valence-electron chi connectivity index (χ4n) is 7.37. The summed E-state index contributed by atoms with van der Waals surface area (Å²) in [6, 6.07) is 0. The number of hydrogen-bond acceptors (Lipinski definition) is 6. The monoisotopic (exact) mass is 768 g/mol. The third kappa shape index (κ3) is 40.5. The Hall–Kier alpha value is -1.14. The van der Waals surface area contributed by atoms with Crippen molar-refractivity contribution in [2.24, 2.45) is 11.8 Å². The van der Waals surface area contributed by atoms with E-state index < -0.39 is 0 Å². The number of carbonyl (C=O) groups excluding carboxylic acids is 2. The van der Waals surface area contributed by atoms with Gasteiger partial charge in [-0.1, -0.05) is 183 Å². The molecule has 0 radical (unpaired) electrons. The quantitative estimate of drug-likeness (QED) is 0.0492. The molecule has 0 aromatic heterocycles. The van der Waals surface area contributed by atoms with Crippen LogP contribution in [0.4, 0.5) is 0 Å². The number of aliphatic hydroxyl groups is 1. The molecule has 0 bridgehead atoms. The van der Waals surface area contributed by atoms with Crippen LogP contribution in [0.5, 0.6) is 0 Å². The van der Waals surface area contributed by atoms with E-state index in [4.69, 9.17) is 9.47 Å². The molecule has 0 aromatic rings. The highest BCUT2D eigenvalue weighted by molar-refractivity contribution is 5.69. The number of hydrogen-bond donors (Lipinski definition) is 1. The number of carbonyl (C=O) groups is 2. The van der Waals surface area contributed by atoms with Crippen LogP contribution in [0.2, 0.25) is 0 Å². The Bertz CT molecular complexity index is 689. The van der Waals surface area contributed by atoms with Crippen LogP contribution in [0.3, 0.4) is 0 Å². The van der Waals surface area contributed by atoms with Gasteiger partial charge in [0.25, 0.3) is 0 Å². The molecule has 0 heterocycles.